The van der Waals surface area contributed by atoms with Crippen molar-refractivity contribution in [3.63, 3.8) is 0 Å². The molecule has 1 heterocycles. The molecule has 3 aromatic rings. The van der Waals surface area contributed by atoms with Crippen LogP contribution in [0.4, 0.5) is 11.5 Å². The number of rotatable bonds is 8. The molecule has 2 aromatic carbocycles. The molecule has 7 nitrogen and oxygen atoms in total. The Kier molecular flexibility index (Phi) is 6.41. The van der Waals surface area contributed by atoms with E-state index in [4.69, 9.17) is 9.47 Å². The van der Waals surface area contributed by atoms with Gasteiger partial charge in [0.1, 0.15) is 29.3 Å². The summed E-state index contributed by atoms with van der Waals surface area (Å²) in [5, 5.41) is 6.02. The van der Waals surface area contributed by atoms with Gasteiger partial charge in [0, 0.05) is 18.3 Å². The van der Waals surface area contributed by atoms with Gasteiger partial charge in [-0.05, 0) is 48.4 Å². The summed E-state index contributed by atoms with van der Waals surface area (Å²) in [5.41, 5.74) is 2.23. The Morgan fingerprint density at radius 1 is 0.964 bits per heavy atom. The maximum Gasteiger partial charge on any atom is 0.270 e. The van der Waals surface area contributed by atoms with Crippen molar-refractivity contribution in [2.45, 2.75) is 6.42 Å². The first-order valence-electron chi connectivity index (χ1n) is 8.82. The Labute approximate surface area is 163 Å². The third kappa shape index (κ3) is 5.20. The lowest BCUT2D eigenvalue weighted by Gasteiger charge is -2.09. The minimum Gasteiger partial charge on any atom is -0.497 e. The highest BCUT2D eigenvalue weighted by atomic mass is 16.5. The molecule has 144 valence electrons. The number of aromatic nitrogens is 2. The van der Waals surface area contributed by atoms with Crippen LogP contribution in [-0.2, 0) is 6.42 Å². The molecule has 0 aliphatic heterocycles. The van der Waals surface area contributed by atoms with Crippen LogP contribution in [0.25, 0.3) is 0 Å². The third-order valence-electron chi connectivity index (χ3n) is 4.10. The van der Waals surface area contributed by atoms with Crippen LogP contribution in [0.2, 0.25) is 0 Å². The molecular formula is C21H22N4O3. The number of carbonyl (C=O) groups is 1. The second kappa shape index (κ2) is 9.36. The molecule has 0 aliphatic rings. The summed E-state index contributed by atoms with van der Waals surface area (Å²) < 4.78 is 10.3. The lowest BCUT2D eigenvalue weighted by atomic mass is 10.1. The van der Waals surface area contributed by atoms with Crippen molar-refractivity contribution in [2.75, 3.05) is 26.1 Å². The molecule has 2 N–H and O–H groups in total. The highest BCUT2D eigenvalue weighted by Gasteiger charge is 2.09. The van der Waals surface area contributed by atoms with E-state index < -0.39 is 0 Å². The van der Waals surface area contributed by atoms with E-state index in [0.29, 0.717) is 24.5 Å². The molecule has 0 saturated carbocycles. The van der Waals surface area contributed by atoms with Crippen LogP contribution in [0.3, 0.4) is 0 Å². The molecule has 3 rings (SSSR count). The Morgan fingerprint density at radius 3 is 2.50 bits per heavy atom. The highest BCUT2D eigenvalue weighted by Crippen LogP contribution is 2.18. The van der Waals surface area contributed by atoms with E-state index in [1.54, 1.807) is 20.3 Å². The van der Waals surface area contributed by atoms with Gasteiger partial charge in [0.2, 0.25) is 0 Å². The fourth-order valence-corrected chi connectivity index (χ4v) is 2.61. The van der Waals surface area contributed by atoms with Gasteiger partial charge in [-0.25, -0.2) is 9.97 Å². The Hall–Kier alpha value is -3.61. The van der Waals surface area contributed by atoms with Crippen molar-refractivity contribution in [1.82, 2.24) is 15.3 Å². The molecule has 0 spiro atoms. The van der Waals surface area contributed by atoms with Gasteiger partial charge in [0.25, 0.3) is 5.91 Å². The maximum absolute atomic E-state index is 12.4. The number of methoxy groups -OCH3 is 2. The van der Waals surface area contributed by atoms with Crippen LogP contribution in [0.15, 0.2) is 60.9 Å². The average Bonchev–Trinajstić information content (AvgIpc) is 2.74. The quantitative estimate of drug-likeness (QED) is 0.626. The van der Waals surface area contributed by atoms with Crippen LogP contribution in [0.5, 0.6) is 11.5 Å². The lowest BCUT2D eigenvalue weighted by Crippen LogP contribution is -2.26. The predicted molar refractivity (Wildman–Crippen MR) is 107 cm³/mol. The SMILES string of the molecule is COc1ccc(Nc2cc(C(=O)NCCc3cccc(OC)c3)ncn2)cc1. The van der Waals surface area contributed by atoms with Gasteiger partial charge in [0.15, 0.2) is 0 Å². The fraction of sp³-hybridized carbons (Fsp3) is 0.190. The van der Waals surface area contributed by atoms with E-state index in [-0.39, 0.29) is 5.91 Å². The van der Waals surface area contributed by atoms with Crippen molar-refractivity contribution in [3.8, 4) is 11.5 Å². The number of carbonyl (C=O) groups excluding carboxylic acids is 1. The standard InChI is InChI=1S/C21H22N4O3/c1-27-17-8-6-16(7-9-17)25-20-13-19(23-14-24-20)21(26)22-11-10-15-4-3-5-18(12-15)28-2/h3-9,12-14H,10-11H2,1-2H3,(H,22,26)(H,23,24,25). The first-order valence-corrected chi connectivity index (χ1v) is 8.82. The molecular weight excluding hydrogens is 356 g/mol. The molecule has 0 saturated heterocycles. The molecule has 0 unspecified atom stereocenters. The van der Waals surface area contributed by atoms with Gasteiger partial charge in [-0.1, -0.05) is 12.1 Å². The van der Waals surface area contributed by atoms with Crippen molar-refractivity contribution in [2.24, 2.45) is 0 Å². The zero-order valence-electron chi connectivity index (χ0n) is 15.8. The Balaban J connectivity index is 1.56. The number of amides is 1. The van der Waals surface area contributed by atoms with Gasteiger partial charge in [-0.15, -0.1) is 0 Å². The van der Waals surface area contributed by atoms with Crippen LogP contribution >= 0.6 is 0 Å². The number of nitrogens with one attached hydrogen (secondary N) is 2. The number of hydrogen-bond acceptors (Lipinski definition) is 6. The predicted octanol–water partition coefficient (Wildman–Crippen LogP) is 3.21. The fourth-order valence-electron chi connectivity index (χ4n) is 2.61. The molecule has 0 fully saturated rings. The van der Waals surface area contributed by atoms with Crippen LogP contribution in [0.1, 0.15) is 16.1 Å². The number of benzene rings is 2. The van der Waals surface area contributed by atoms with Crippen molar-refractivity contribution in [3.05, 3.63) is 72.2 Å². The highest BCUT2D eigenvalue weighted by molar-refractivity contribution is 5.92. The first-order chi connectivity index (χ1) is 13.7. The van der Waals surface area contributed by atoms with Gasteiger partial charge >= 0.3 is 0 Å². The number of hydrogen-bond donors (Lipinski definition) is 2. The van der Waals surface area contributed by atoms with Gasteiger partial charge in [-0.3, -0.25) is 4.79 Å². The minimum atomic E-state index is -0.247. The summed E-state index contributed by atoms with van der Waals surface area (Å²) in [6.45, 7) is 0.497. The molecule has 1 aromatic heterocycles. The van der Waals surface area contributed by atoms with Crippen molar-refractivity contribution < 1.29 is 14.3 Å². The van der Waals surface area contributed by atoms with Crippen LogP contribution in [-0.4, -0.2) is 36.6 Å². The van der Waals surface area contributed by atoms with Crippen LogP contribution in [0, 0.1) is 0 Å². The second-order valence-corrected chi connectivity index (χ2v) is 6.00. The molecule has 0 atom stereocenters. The zero-order chi connectivity index (χ0) is 19.8. The molecule has 0 radical (unpaired) electrons. The molecule has 7 heteroatoms. The van der Waals surface area contributed by atoms with E-state index in [0.717, 1.165) is 22.7 Å². The number of ether oxygens (including phenoxy) is 2. The van der Waals surface area contributed by atoms with E-state index >= 15 is 0 Å². The zero-order valence-corrected chi connectivity index (χ0v) is 15.8. The summed E-state index contributed by atoms with van der Waals surface area (Å²) in [5.74, 6) is 1.86. The van der Waals surface area contributed by atoms with Crippen molar-refractivity contribution in [1.29, 1.82) is 0 Å². The smallest absolute Gasteiger partial charge is 0.270 e. The minimum absolute atomic E-state index is 0.247. The van der Waals surface area contributed by atoms with Gasteiger partial charge in [0.05, 0.1) is 14.2 Å². The molecule has 0 aliphatic carbocycles. The summed E-state index contributed by atoms with van der Waals surface area (Å²) in [7, 11) is 3.25. The summed E-state index contributed by atoms with van der Waals surface area (Å²) in [6.07, 6.45) is 2.06. The van der Waals surface area contributed by atoms with E-state index in [2.05, 4.69) is 20.6 Å². The normalized spacial score (nSPS) is 10.2. The average molecular weight is 378 g/mol. The van der Waals surface area contributed by atoms with Gasteiger partial charge < -0.3 is 20.1 Å². The molecule has 1 amide bonds. The van der Waals surface area contributed by atoms with E-state index in [1.807, 2.05) is 48.5 Å². The monoisotopic (exact) mass is 378 g/mol. The second-order valence-electron chi connectivity index (χ2n) is 6.00. The summed E-state index contributed by atoms with van der Waals surface area (Å²) in [4.78, 5) is 20.6. The third-order valence-corrected chi connectivity index (χ3v) is 4.10. The summed E-state index contributed by atoms with van der Waals surface area (Å²) >= 11 is 0. The van der Waals surface area contributed by atoms with Crippen molar-refractivity contribution >= 4 is 17.4 Å². The number of anilines is 2. The van der Waals surface area contributed by atoms with Gasteiger partial charge in [-0.2, -0.15) is 0 Å². The topological polar surface area (TPSA) is 85.4 Å². The maximum atomic E-state index is 12.4. The summed E-state index contributed by atoms with van der Waals surface area (Å²) in [6, 6.07) is 16.8. The van der Waals surface area contributed by atoms with E-state index in [1.165, 1.54) is 6.33 Å². The van der Waals surface area contributed by atoms with E-state index in [9.17, 15) is 4.79 Å². The lowest BCUT2D eigenvalue weighted by molar-refractivity contribution is 0.0949. The first kappa shape index (κ1) is 19.2. The molecule has 0 bridgehead atoms. The molecule has 28 heavy (non-hydrogen) atoms. The van der Waals surface area contributed by atoms with Crippen LogP contribution < -0.4 is 20.1 Å². The Bertz CT molecular complexity index is 929. The number of nitrogens with zero attached hydrogens (tertiary/aromatic N) is 2. The largest absolute Gasteiger partial charge is 0.497 e. The Morgan fingerprint density at radius 2 is 1.75 bits per heavy atom.